The molecule has 72 valence electrons. The van der Waals surface area contributed by atoms with Gasteiger partial charge in [-0.3, -0.25) is 4.79 Å². The van der Waals surface area contributed by atoms with Gasteiger partial charge in [0.15, 0.2) is 0 Å². The van der Waals surface area contributed by atoms with Gasteiger partial charge in [-0.25, -0.2) is 0 Å². The molecular formula is C8H17NO3. The predicted octanol–water partition coefficient (Wildman–Crippen LogP) is 0.981. The monoisotopic (exact) mass is 175 g/mol. The highest BCUT2D eigenvalue weighted by Gasteiger charge is 2.26. The fourth-order valence-electron chi connectivity index (χ4n) is 0.635. The van der Waals surface area contributed by atoms with Crippen LogP contribution in [0.3, 0.4) is 0 Å². The molecule has 0 aliphatic rings. The average molecular weight is 175 g/mol. The van der Waals surface area contributed by atoms with Crippen molar-refractivity contribution in [2.24, 2.45) is 5.41 Å². The van der Waals surface area contributed by atoms with Crippen LogP contribution in [0.4, 0.5) is 0 Å². The van der Waals surface area contributed by atoms with Crippen molar-refractivity contribution in [1.29, 1.82) is 0 Å². The van der Waals surface area contributed by atoms with E-state index >= 15 is 0 Å². The lowest BCUT2D eigenvalue weighted by molar-refractivity contribution is -0.150. The van der Waals surface area contributed by atoms with Crippen molar-refractivity contribution in [2.45, 2.75) is 20.3 Å². The summed E-state index contributed by atoms with van der Waals surface area (Å²) < 4.78 is 0. The fraction of sp³-hybridized carbons (Fsp3) is 0.875. The van der Waals surface area contributed by atoms with E-state index in [2.05, 4.69) is 0 Å². The molecule has 0 radical (unpaired) electrons. The van der Waals surface area contributed by atoms with Crippen LogP contribution in [-0.2, 0) is 9.63 Å². The van der Waals surface area contributed by atoms with Gasteiger partial charge in [-0.05, 0) is 20.3 Å². The SMILES string of the molecule is CON(C)CCC(C)(C)C(=O)O. The van der Waals surface area contributed by atoms with Crippen molar-refractivity contribution >= 4 is 5.97 Å². The summed E-state index contributed by atoms with van der Waals surface area (Å²) in [7, 11) is 3.34. The highest BCUT2D eigenvalue weighted by molar-refractivity contribution is 5.73. The summed E-state index contributed by atoms with van der Waals surface area (Å²) >= 11 is 0. The molecule has 0 atom stereocenters. The molecule has 4 nitrogen and oxygen atoms in total. The van der Waals surface area contributed by atoms with E-state index in [9.17, 15) is 4.79 Å². The van der Waals surface area contributed by atoms with E-state index in [-0.39, 0.29) is 0 Å². The number of aliphatic carboxylic acids is 1. The summed E-state index contributed by atoms with van der Waals surface area (Å²) in [4.78, 5) is 15.5. The first-order valence-electron chi connectivity index (χ1n) is 3.89. The minimum atomic E-state index is -0.771. The van der Waals surface area contributed by atoms with Gasteiger partial charge in [0, 0.05) is 13.6 Å². The molecule has 12 heavy (non-hydrogen) atoms. The Bertz CT molecular complexity index is 156. The van der Waals surface area contributed by atoms with Crippen molar-refractivity contribution in [3.8, 4) is 0 Å². The van der Waals surface area contributed by atoms with Gasteiger partial charge in [-0.2, -0.15) is 5.06 Å². The van der Waals surface area contributed by atoms with Gasteiger partial charge in [0.05, 0.1) is 12.5 Å². The van der Waals surface area contributed by atoms with Gasteiger partial charge in [-0.1, -0.05) is 0 Å². The van der Waals surface area contributed by atoms with E-state index in [1.807, 2.05) is 0 Å². The van der Waals surface area contributed by atoms with E-state index in [1.54, 1.807) is 33.1 Å². The second kappa shape index (κ2) is 4.42. The van der Waals surface area contributed by atoms with Gasteiger partial charge >= 0.3 is 5.97 Å². The normalized spacial score (nSPS) is 12.1. The molecule has 0 aromatic heterocycles. The van der Waals surface area contributed by atoms with Crippen LogP contribution in [0, 0.1) is 5.41 Å². The molecule has 0 unspecified atom stereocenters. The first kappa shape index (κ1) is 11.4. The van der Waals surface area contributed by atoms with Gasteiger partial charge in [0.25, 0.3) is 0 Å². The van der Waals surface area contributed by atoms with Crippen molar-refractivity contribution < 1.29 is 14.7 Å². The zero-order chi connectivity index (χ0) is 9.78. The quantitative estimate of drug-likeness (QED) is 0.633. The predicted molar refractivity (Wildman–Crippen MR) is 45.7 cm³/mol. The third-order valence-corrected chi connectivity index (χ3v) is 1.94. The lowest BCUT2D eigenvalue weighted by Crippen LogP contribution is -2.29. The summed E-state index contributed by atoms with van der Waals surface area (Å²) in [5.74, 6) is -0.771. The van der Waals surface area contributed by atoms with E-state index in [4.69, 9.17) is 9.94 Å². The molecule has 0 saturated carbocycles. The van der Waals surface area contributed by atoms with Gasteiger partial charge in [0.1, 0.15) is 0 Å². The Morgan fingerprint density at radius 3 is 2.42 bits per heavy atom. The molecular weight excluding hydrogens is 158 g/mol. The second-order valence-electron chi connectivity index (χ2n) is 3.47. The summed E-state index contributed by atoms with van der Waals surface area (Å²) in [5, 5.41) is 10.4. The van der Waals surface area contributed by atoms with Crippen LogP contribution in [-0.4, -0.2) is 36.8 Å². The maximum Gasteiger partial charge on any atom is 0.309 e. The number of carboxylic acid groups (broad SMARTS) is 1. The van der Waals surface area contributed by atoms with Crippen molar-refractivity contribution in [1.82, 2.24) is 5.06 Å². The van der Waals surface area contributed by atoms with Crippen molar-refractivity contribution in [3.63, 3.8) is 0 Å². The first-order valence-corrected chi connectivity index (χ1v) is 3.89. The highest BCUT2D eigenvalue weighted by atomic mass is 16.7. The highest BCUT2D eigenvalue weighted by Crippen LogP contribution is 2.20. The number of carbonyl (C=O) groups is 1. The van der Waals surface area contributed by atoms with Crippen LogP contribution >= 0.6 is 0 Å². The molecule has 4 heteroatoms. The van der Waals surface area contributed by atoms with E-state index in [0.29, 0.717) is 13.0 Å². The van der Waals surface area contributed by atoms with Gasteiger partial charge in [-0.15, -0.1) is 0 Å². The number of nitrogens with zero attached hydrogens (tertiary/aromatic N) is 1. The molecule has 0 bridgehead atoms. The van der Waals surface area contributed by atoms with Crippen LogP contribution in [0.25, 0.3) is 0 Å². The molecule has 0 amide bonds. The zero-order valence-corrected chi connectivity index (χ0v) is 8.13. The summed E-state index contributed by atoms with van der Waals surface area (Å²) in [5.41, 5.74) is -0.674. The molecule has 0 fully saturated rings. The molecule has 1 N–H and O–H groups in total. The Morgan fingerprint density at radius 1 is 1.58 bits per heavy atom. The van der Waals surface area contributed by atoms with Crippen molar-refractivity contribution in [3.05, 3.63) is 0 Å². The number of hydrogen-bond acceptors (Lipinski definition) is 3. The van der Waals surface area contributed by atoms with E-state index in [1.165, 1.54) is 0 Å². The lowest BCUT2D eigenvalue weighted by atomic mass is 9.90. The summed E-state index contributed by atoms with van der Waals surface area (Å²) in [6.45, 7) is 4.04. The lowest BCUT2D eigenvalue weighted by Gasteiger charge is -2.21. The topological polar surface area (TPSA) is 49.8 Å². The minimum absolute atomic E-state index is 0.576. The Morgan fingerprint density at radius 2 is 2.08 bits per heavy atom. The third kappa shape index (κ3) is 3.69. The van der Waals surface area contributed by atoms with Crippen molar-refractivity contribution in [2.75, 3.05) is 20.7 Å². The Labute approximate surface area is 73.1 Å². The fourth-order valence-corrected chi connectivity index (χ4v) is 0.635. The maximum absolute atomic E-state index is 10.7. The third-order valence-electron chi connectivity index (χ3n) is 1.94. The molecule has 0 aromatic carbocycles. The summed E-state index contributed by atoms with van der Waals surface area (Å²) in [6, 6.07) is 0. The number of hydrogen-bond donors (Lipinski definition) is 1. The number of rotatable bonds is 5. The van der Waals surface area contributed by atoms with Crippen LogP contribution in [0.15, 0.2) is 0 Å². The number of hydroxylamine groups is 2. The van der Waals surface area contributed by atoms with Crippen LogP contribution in [0.1, 0.15) is 20.3 Å². The largest absolute Gasteiger partial charge is 0.481 e. The smallest absolute Gasteiger partial charge is 0.309 e. The Hall–Kier alpha value is -0.610. The van der Waals surface area contributed by atoms with Gasteiger partial charge in [0.2, 0.25) is 0 Å². The molecule has 0 rings (SSSR count). The molecule has 0 aliphatic carbocycles. The van der Waals surface area contributed by atoms with Gasteiger partial charge < -0.3 is 9.94 Å². The Balaban J connectivity index is 3.83. The molecule has 0 heterocycles. The van der Waals surface area contributed by atoms with Crippen LogP contribution < -0.4 is 0 Å². The maximum atomic E-state index is 10.7. The molecule has 0 aliphatic heterocycles. The van der Waals surface area contributed by atoms with Crippen LogP contribution in [0.2, 0.25) is 0 Å². The van der Waals surface area contributed by atoms with Crippen LogP contribution in [0.5, 0.6) is 0 Å². The molecule has 0 aromatic rings. The standard InChI is InChI=1S/C8H17NO3/c1-8(2,7(10)11)5-6-9(3)12-4/h5-6H2,1-4H3,(H,10,11). The van der Waals surface area contributed by atoms with E-state index < -0.39 is 11.4 Å². The minimum Gasteiger partial charge on any atom is -0.481 e. The molecule has 0 spiro atoms. The number of carboxylic acids is 1. The zero-order valence-electron chi connectivity index (χ0n) is 8.13. The Kier molecular flexibility index (Phi) is 4.20. The van der Waals surface area contributed by atoms with E-state index in [0.717, 1.165) is 0 Å². The molecule has 0 saturated heterocycles. The first-order chi connectivity index (χ1) is 5.40. The average Bonchev–Trinajstić information content (AvgIpc) is 2.00. The summed E-state index contributed by atoms with van der Waals surface area (Å²) in [6.07, 6.45) is 0.576. The second-order valence-corrected chi connectivity index (χ2v) is 3.47.